The average molecular weight is 306 g/mol. The van der Waals surface area contributed by atoms with E-state index in [-0.39, 0.29) is 10.7 Å². The Balaban J connectivity index is 1.86. The molecule has 2 aromatic rings. The Bertz CT molecular complexity index is 773. The van der Waals surface area contributed by atoms with Crippen LogP contribution in [-0.2, 0) is 9.53 Å². The summed E-state index contributed by atoms with van der Waals surface area (Å²) in [7, 11) is 1.32. The van der Waals surface area contributed by atoms with E-state index in [1.54, 1.807) is 18.2 Å². The van der Waals surface area contributed by atoms with Crippen LogP contribution in [0.5, 0.6) is 0 Å². The van der Waals surface area contributed by atoms with E-state index < -0.39 is 11.5 Å². The number of H-pyrrole nitrogens is 1. The van der Waals surface area contributed by atoms with Gasteiger partial charge in [-0.1, -0.05) is 0 Å². The number of carbonyl (C=O) groups is 2. The number of benzene rings is 1. The SMILES string of the molecule is COC(=O)C1(NC(=O)c2ccc3[nH]c(=S)oc3c2)CCC1. The number of aromatic nitrogens is 1. The molecule has 0 saturated heterocycles. The molecule has 1 saturated carbocycles. The monoisotopic (exact) mass is 306 g/mol. The lowest BCUT2D eigenvalue weighted by atomic mass is 9.76. The Morgan fingerprint density at radius 3 is 2.81 bits per heavy atom. The lowest BCUT2D eigenvalue weighted by Gasteiger charge is -2.39. The van der Waals surface area contributed by atoms with Crippen LogP contribution in [0.25, 0.3) is 11.1 Å². The lowest BCUT2D eigenvalue weighted by Crippen LogP contribution is -2.59. The van der Waals surface area contributed by atoms with Crippen molar-refractivity contribution in [1.82, 2.24) is 10.3 Å². The van der Waals surface area contributed by atoms with Crippen molar-refractivity contribution in [3.63, 3.8) is 0 Å². The zero-order chi connectivity index (χ0) is 15.0. The van der Waals surface area contributed by atoms with Gasteiger partial charge in [-0.25, -0.2) is 4.79 Å². The smallest absolute Gasteiger partial charge is 0.331 e. The largest absolute Gasteiger partial charge is 0.467 e. The first-order chi connectivity index (χ1) is 10.0. The van der Waals surface area contributed by atoms with E-state index in [1.807, 2.05) is 0 Å². The van der Waals surface area contributed by atoms with E-state index >= 15 is 0 Å². The maximum absolute atomic E-state index is 12.3. The fourth-order valence-corrected chi connectivity index (χ4v) is 2.68. The topological polar surface area (TPSA) is 84.3 Å². The lowest BCUT2D eigenvalue weighted by molar-refractivity contribution is -0.152. The van der Waals surface area contributed by atoms with Crippen molar-refractivity contribution in [2.45, 2.75) is 24.8 Å². The number of carbonyl (C=O) groups excluding carboxylic acids is 2. The first-order valence-corrected chi connectivity index (χ1v) is 6.99. The molecule has 1 fully saturated rings. The van der Waals surface area contributed by atoms with Gasteiger partial charge in [-0.15, -0.1) is 0 Å². The summed E-state index contributed by atoms with van der Waals surface area (Å²) in [6, 6.07) is 4.97. The number of esters is 1. The van der Waals surface area contributed by atoms with Crippen molar-refractivity contribution < 1.29 is 18.7 Å². The fourth-order valence-electron chi connectivity index (χ4n) is 2.48. The third kappa shape index (κ3) is 2.33. The second-order valence-corrected chi connectivity index (χ2v) is 5.48. The molecule has 21 heavy (non-hydrogen) atoms. The summed E-state index contributed by atoms with van der Waals surface area (Å²) in [4.78, 5) is 27.3. The van der Waals surface area contributed by atoms with E-state index in [0.29, 0.717) is 24.0 Å². The summed E-state index contributed by atoms with van der Waals surface area (Å²) in [6.45, 7) is 0. The molecule has 3 rings (SSSR count). The molecule has 1 amide bonds. The summed E-state index contributed by atoms with van der Waals surface area (Å²) < 4.78 is 10.1. The van der Waals surface area contributed by atoms with Gasteiger partial charge >= 0.3 is 5.97 Å². The fraction of sp³-hybridized carbons (Fsp3) is 0.357. The molecule has 1 aromatic carbocycles. The summed E-state index contributed by atoms with van der Waals surface area (Å²) in [5, 5.41) is 2.78. The van der Waals surface area contributed by atoms with Gasteiger partial charge in [0.2, 0.25) is 0 Å². The Labute approximate surface area is 125 Å². The van der Waals surface area contributed by atoms with Gasteiger partial charge in [0, 0.05) is 5.56 Å². The molecule has 0 spiro atoms. The molecule has 0 bridgehead atoms. The van der Waals surface area contributed by atoms with Crippen LogP contribution in [0.3, 0.4) is 0 Å². The summed E-state index contributed by atoms with van der Waals surface area (Å²) in [5.41, 5.74) is 0.755. The minimum atomic E-state index is -0.890. The average Bonchev–Trinajstić information content (AvgIpc) is 2.80. The van der Waals surface area contributed by atoms with Gasteiger partial charge in [-0.3, -0.25) is 4.79 Å². The number of fused-ring (bicyclic) bond motifs is 1. The molecule has 0 aliphatic heterocycles. The predicted octanol–water partition coefficient (Wildman–Crippen LogP) is 2.32. The van der Waals surface area contributed by atoms with E-state index in [0.717, 1.165) is 11.9 Å². The Kier molecular flexibility index (Phi) is 3.29. The van der Waals surface area contributed by atoms with Gasteiger partial charge in [0.1, 0.15) is 5.54 Å². The molecule has 6 nitrogen and oxygen atoms in total. The number of nitrogens with one attached hydrogen (secondary N) is 2. The third-order valence-corrected chi connectivity index (χ3v) is 4.00. The summed E-state index contributed by atoms with van der Waals surface area (Å²) in [6.07, 6.45) is 2.08. The number of hydrogen-bond donors (Lipinski definition) is 2. The van der Waals surface area contributed by atoms with Crippen molar-refractivity contribution in [1.29, 1.82) is 0 Å². The van der Waals surface area contributed by atoms with Crippen LogP contribution in [0.15, 0.2) is 22.6 Å². The molecule has 110 valence electrons. The highest BCUT2D eigenvalue weighted by atomic mass is 32.1. The molecular weight excluding hydrogens is 292 g/mol. The highest BCUT2D eigenvalue weighted by Gasteiger charge is 2.46. The maximum Gasteiger partial charge on any atom is 0.331 e. The summed E-state index contributed by atoms with van der Waals surface area (Å²) in [5.74, 6) is -0.730. The van der Waals surface area contributed by atoms with Crippen LogP contribution >= 0.6 is 12.2 Å². The number of methoxy groups -OCH3 is 1. The number of ether oxygens (including phenoxy) is 1. The molecule has 1 heterocycles. The van der Waals surface area contributed by atoms with Crippen LogP contribution in [0.2, 0.25) is 0 Å². The highest BCUT2D eigenvalue weighted by molar-refractivity contribution is 7.71. The van der Waals surface area contributed by atoms with Gasteiger partial charge in [0.25, 0.3) is 10.7 Å². The quantitative estimate of drug-likeness (QED) is 0.671. The molecule has 1 aliphatic carbocycles. The maximum atomic E-state index is 12.3. The molecule has 1 aliphatic rings. The van der Waals surface area contributed by atoms with Crippen LogP contribution in [0, 0.1) is 4.84 Å². The number of amides is 1. The first kappa shape index (κ1) is 13.8. The van der Waals surface area contributed by atoms with Gasteiger partial charge in [-0.2, -0.15) is 0 Å². The zero-order valence-electron chi connectivity index (χ0n) is 11.4. The third-order valence-electron chi connectivity index (χ3n) is 3.82. The molecule has 0 radical (unpaired) electrons. The van der Waals surface area contributed by atoms with E-state index in [9.17, 15) is 9.59 Å². The first-order valence-electron chi connectivity index (χ1n) is 6.58. The molecule has 1 aromatic heterocycles. The van der Waals surface area contributed by atoms with E-state index in [2.05, 4.69) is 10.3 Å². The summed E-state index contributed by atoms with van der Waals surface area (Å²) >= 11 is 4.90. The number of aromatic amines is 1. The highest BCUT2D eigenvalue weighted by Crippen LogP contribution is 2.33. The Morgan fingerprint density at radius 1 is 1.43 bits per heavy atom. The molecule has 2 N–H and O–H groups in total. The van der Waals surface area contributed by atoms with Gasteiger partial charge < -0.3 is 19.5 Å². The van der Waals surface area contributed by atoms with Crippen molar-refractivity contribution >= 4 is 35.2 Å². The van der Waals surface area contributed by atoms with Crippen LogP contribution in [0.1, 0.15) is 29.6 Å². The van der Waals surface area contributed by atoms with Crippen molar-refractivity contribution in [2.24, 2.45) is 0 Å². The zero-order valence-corrected chi connectivity index (χ0v) is 12.2. The predicted molar refractivity (Wildman–Crippen MR) is 77.5 cm³/mol. The van der Waals surface area contributed by atoms with Crippen molar-refractivity contribution in [3.8, 4) is 0 Å². The number of oxazole rings is 1. The minimum Gasteiger partial charge on any atom is -0.467 e. The normalized spacial score (nSPS) is 16.2. The molecule has 0 unspecified atom stereocenters. The number of rotatable bonds is 3. The van der Waals surface area contributed by atoms with Crippen LogP contribution < -0.4 is 5.32 Å². The second kappa shape index (κ2) is 5.00. The minimum absolute atomic E-state index is 0.257. The molecule has 7 heteroatoms. The van der Waals surface area contributed by atoms with Crippen LogP contribution in [-0.4, -0.2) is 29.5 Å². The van der Waals surface area contributed by atoms with Crippen molar-refractivity contribution in [3.05, 3.63) is 28.6 Å². The molecule has 0 atom stereocenters. The number of hydrogen-bond acceptors (Lipinski definition) is 5. The van der Waals surface area contributed by atoms with Gasteiger partial charge in [-0.05, 0) is 49.7 Å². The Hall–Kier alpha value is -2.15. The van der Waals surface area contributed by atoms with E-state index in [1.165, 1.54) is 7.11 Å². The van der Waals surface area contributed by atoms with Crippen LogP contribution in [0.4, 0.5) is 0 Å². The molecular formula is C14H14N2O4S. The standard InChI is InChI=1S/C14H14N2O4S/c1-19-12(18)14(5-2-6-14)16-11(17)8-3-4-9-10(7-8)20-13(21)15-9/h3-4,7H,2,5-6H2,1H3,(H,15,21)(H,16,17). The van der Waals surface area contributed by atoms with Gasteiger partial charge in [0.15, 0.2) is 5.58 Å². The van der Waals surface area contributed by atoms with E-state index in [4.69, 9.17) is 21.4 Å². The Morgan fingerprint density at radius 2 is 2.19 bits per heavy atom. The second-order valence-electron chi connectivity index (χ2n) is 5.11. The van der Waals surface area contributed by atoms with Crippen molar-refractivity contribution in [2.75, 3.05) is 7.11 Å². The van der Waals surface area contributed by atoms with Gasteiger partial charge in [0.05, 0.1) is 12.6 Å².